The second-order valence-corrected chi connectivity index (χ2v) is 3.46. The molecule has 1 saturated heterocycles. The number of hydrazine groups is 1. The molecule has 1 heterocycles. The van der Waals surface area contributed by atoms with Crippen LogP contribution < -0.4 is 15.6 Å². The van der Waals surface area contributed by atoms with Gasteiger partial charge in [-0.3, -0.25) is 10.9 Å². The Morgan fingerprint density at radius 1 is 1.36 bits per heavy atom. The Labute approximate surface area is 84.4 Å². The highest BCUT2D eigenvalue weighted by atomic mass is 16.5. The first kappa shape index (κ1) is 9.49. The summed E-state index contributed by atoms with van der Waals surface area (Å²) in [6.45, 7) is 4.72. The molecule has 3 heteroatoms. The van der Waals surface area contributed by atoms with Gasteiger partial charge in [-0.1, -0.05) is 12.1 Å². The highest BCUT2D eigenvalue weighted by molar-refractivity contribution is 5.31. The molecule has 0 aromatic heterocycles. The first-order valence-corrected chi connectivity index (χ1v) is 5.08. The predicted octanol–water partition coefficient (Wildman–Crippen LogP) is 1.28. The lowest BCUT2D eigenvalue weighted by molar-refractivity contribution is 0.339. The van der Waals surface area contributed by atoms with E-state index in [4.69, 9.17) is 4.74 Å². The molecule has 0 aliphatic carbocycles. The van der Waals surface area contributed by atoms with Gasteiger partial charge in [-0.2, -0.15) is 0 Å². The van der Waals surface area contributed by atoms with E-state index >= 15 is 0 Å². The van der Waals surface area contributed by atoms with Gasteiger partial charge in [0.2, 0.25) is 0 Å². The van der Waals surface area contributed by atoms with Crippen LogP contribution in [0.1, 0.15) is 18.4 Å². The quantitative estimate of drug-likeness (QED) is 0.756. The van der Waals surface area contributed by atoms with Crippen LogP contribution in [0.5, 0.6) is 5.75 Å². The van der Waals surface area contributed by atoms with Crippen LogP contribution in [0, 0.1) is 0 Å². The lowest BCUT2D eigenvalue weighted by atomic mass is 10.0. The van der Waals surface area contributed by atoms with Crippen molar-refractivity contribution in [3.8, 4) is 5.75 Å². The Balaban J connectivity index is 2.12. The van der Waals surface area contributed by atoms with E-state index in [0.29, 0.717) is 5.92 Å². The molecule has 14 heavy (non-hydrogen) atoms. The van der Waals surface area contributed by atoms with Gasteiger partial charge in [0.25, 0.3) is 0 Å². The monoisotopic (exact) mass is 192 g/mol. The standard InChI is InChI=1S/C11H16N2O/c1-2-14-11-5-3-4-9(6-11)10-7-12-13-8-10/h3-6,10,12-13H,2,7-8H2,1H3. The van der Waals surface area contributed by atoms with Gasteiger partial charge in [0.1, 0.15) is 5.75 Å². The summed E-state index contributed by atoms with van der Waals surface area (Å²) in [5, 5.41) is 0. The maximum atomic E-state index is 5.47. The van der Waals surface area contributed by atoms with Gasteiger partial charge < -0.3 is 4.74 Å². The van der Waals surface area contributed by atoms with E-state index in [1.165, 1.54) is 5.56 Å². The fraction of sp³-hybridized carbons (Fsp3) is 0.455. The first-order chi connectivity index (χ1) is 6.90. The summed E-state index contributed by atoms with van der Waals surface area (Å²) in [6.07, 6.45) is 0. The van der Waals surface area contributed by atoms with E-state index in [2.05, 4.69) is 29.1 Å². The van der Waals surface area contributed by atoms with Gasteiger partial charge in [0, 0.05) is 19.0 Å². The smallest absolute Gasteiger partial charge is 0.119 e. The van der Waals surface area contributed by atoms with Crippen LogP contribution in [-0.4, -0.2) is 19.7 Å². The van der Waals surface area contributed by atoms with Gasteiger partial charge in [0.05, 0.1) is 6.61 Å². The van der Waals surface area contributed by atoms with Crippen LogP contribution in [0.3, 0.4) is 0 Å². The van der Waals surface area contributed by atoms with Crippen LogP contribution in [-0.2, 0) is 0 Å². The molecule has 0 unspecified atom stereocenters. The van der Waals surface area contributed by atoms with Crippen molar-refractivity contribution >= 4 is 0 Å². The largest absolute Gasteiger partial charge is 0.494 e. The molecule has 3 nitrogen and oxygen atoms in total. The summed E-state index contributed by atoms with van der Waals surface area (Å²) in [4.78, 5) is 0. The maximum Gasteiger partial charge on any atom is 0.119 e. The third-order valence-electron chi connectivity index (χ3n) is 2.46. The summed E-state index contributed by atoms with van der Waals surface area (Å²) in [5.74, 6) is 1.53. The van der Waals surface area contributed by atoms with Crippen molar-refractivity contribution in [2.45, 2.75) is 12.8 Å². The van der Waals surface area contributed by atoms with Gasteiger partial charge in [-0.15, -0.1) is 0 Å². The Morgan fingerprint density at radius 3 is 2.86 bits per heavy atom. The Hall–Kier alpha value is -1.06. The van der Waals surface area contributed by atoms with Gasteiger partial charge in [-0.05, 0) is 24.6 Å². The van der Waals surface area contributed by atoms with Crippen molar-refractivity contribution in [2.24, 2.45) is 0 Å². The maximum absolute atomic E-state index is 5.47. The highest BCUT2D eigenvalue weighted by Crippen LogP contribution is 2.21. The molecule has 0 saturated carbocycles. The molecule has 0 atom stereocenters. The number of hydrogen-bond donors (Lipinski definition) is 2. The molecule has 1 aromatic carbocycles. The Bertz CT molecular complexity index is 295. The van der Waals surface area contributed by atoms with Crippen LogP contribution in [0.15, 0.2) is 24.3 Å². The molecule has 1 aliphatic heterocycles. The highest BCUT2D eigenvalue weighted by Gasteiger charge is 2.16. The zero-order chi connectivity index (χ0) is 9.80. The lowest BCUT2D eigenvalue weighted by Gasteiger charge is -2.10. The molecule has 76 valence electrons. The number of benzene rings is 1. The summed E-state index contributed by atoms with van der Waals surface area (Å²) in [6, 6.07) is 8.34. The molecule has 0 bridgehead atoms. The van der Waals surface area contributed by atoms with Crippen molar-refractivity contribution in [2.75, 3.05) is 19.7 Å². The van der Waals surface area contributed by atoms with Gasteiger partial charge in [0.15, 0.2) is 0 Å². The van der Waals surface area contributed by atoms with Crippen LogP contribution in [0.4, 0.5) is 0 Å². The number of nitrogens with one attached hydrogen (secondary N) is 2. The van der Waals surface area contributed by atoms with E-state index in [-0.39, 0.29) is 0 Å². The summed E-state index contributed by atoms with van der Waals surface area (Å²) >= 11 is 0. The third kappa shape index (κ3) is 2.05. The number of hydrogen-bond acceptors (Lipinski definition) is 3. The zero-order valence-corrected chi connectivity index (χ0v) is 8.42. The minimum atomic E-state index is 0.565. The minimum Gasteiger partial charge on any atom is -0.494 e. The van der Waals surface area contributed by atoms with E-state index in [1.54, 1.807) is 0 Å². The van der Waals surface area contributed by atoms with E-state index < -0.39 is 0 Å². The van der Waals surface area contributed by atoms with Crippen molar-refractivity contribution in [1.29, 1.82) is 0 Å². The summed E-state index contributed by atoms with van der Waals surface area (Å²) in [7, 11) is 0. The molecular weight excluding hydrogens is 176 g/mol. The van der Waals surface area contributed by atoms with Gasteiger partial charge in [-0.25, -0.2) is 0 Å². The molecule has 0 amide bonds. The number of rotatable bonds is 3. The Kier molecular flexibility index (Phi) is 3.01. The van der Waals surface area contributed by atoms with Crippen LogP contribution in [0.25, 0.3) is 0 Å². The number of ether oxygens (including phenoxy) is 1. The molecule has 1 aromatic rings. The van der Waals surface area contributed by atoms with Gasteiger partial charge >= 0.3 is 0 Å². The fourth-order valence-electron chi connectivity index (χ4n) is 1.72. The second-order valence-electron chi connectivity index (χ2n) is 3.46. The topological polar surface area (TPSA) is 33.3 Å². The van der Waals surface area contributed by atoms with Crippen LogP contribution >= 0.6 is 0 Å². The minimum absolute atomic E-state index is 0.565. The van der Waals surface area contributed by atoms with Crippen LogP contribution in [0.2, 0.25) is 0 Å². The van der Waals surface area contributed by atoms with E-state index in [1.807, 2.05) is 13.0 Å². The summed E-state index contributed by atoms with van der Waals surface area (Å²) in [5.41, 5.74) is 7.60. The molecule has 0 spiro atoms. The van der Waals surface area contributed by atoms with E-state index in [9.17, 15) is 0 Å². The van der Waals surface area contributed by atoms with Crippen molar-refractivity contribution in [3.05, 3.63) is 29.8 Å². The lowest BCUT2D eigenvalue weighted by Crippen LogP contribution is -2.21. The average Bonchev–Trinajstić information content (AvgIpc) is 2.71. The third-order valence-corrected chi connectivity index (χ3v) is 2.46. The van der Waals surface area contributed by atoms with E-state index in [0.717, 1.165) is 25.4 Å². The second kappa shape index (κ2) is 4.44. The molecule has 2 N–H and O–H groups in total. The molecular formula is C11H16N2O. The SMILES string of the molecule is CCOc1cccc(C2CNNC2)c1. The fourth-order valence-corrected chi connectivity index (χ4v) is 1.72. The summed E-state index contributed by atoms with van der Waals surface area (Å²) < 4.78 is 5.47. The average molecular weight is 192 g/mol. The van der Waals surface area contributed by atoms with Crippen molar-refractivity contribution in [3.63, 3.8) is 0 Å². The van der Waals surface area contributed by atoms with Crippen molar-refractivity contribution < 1.29 is 4.74 Å². The molecule has 1 aliphatic rings. The first-order valence-electron chi connectivity index (χ1n) is 5.08. The normalized spacial score (nSPS) is 17.2. The van der Waals surface area contributed by atoms with Crippen molar-refractivity contribution in [1.82, 2.24) is 10.9 Å². The molecule has 2 rings (SSSR count). The zero-order valence-electron chi connectivity index (χ0n) is 8.42. The molecule has 1 fully saturated rings. The molecule has 0 radical (unpaired) electrons. The predicted molar refractivity (Wildman–Crippen MR) is 56.4 cm³/mol. The Morgan fingerprint density at radius 2 is 2.14 bits per heavy atom.